The summed E-state index contributed by atoms with van der Waals surface area (Å²) < 4.78 is 0. The number of aromatic nitrogens is 1. The van der Waals surface area contributed by atoms with Gasteiger partial charge in [0.15, 0.2) is 5.75 Å². The Kier molecular flexibility index (Phi) is 5.90. The van der Waals surface area contributed by atoms with E-state index in [2.05, 4.69) is 9.88 Å². The Morgan fingerprint density at radius 2 is 1.85 bits per heavy atom. The number of rotatable bonds is 5. The van der Waals surface area contributed by atoms with Crippen LogP contribution in [0.3, 0.4) is 0 Å². The second-order valence-corrected chi connectivity index (χ2v) is 6.66. The second kappa shape index (κ2) is 8.53. The lowest BCUT2D eigenvalue weighted by Gasteiger charge is -2.36. The number of hydrogen-bond acceptors (Lipinski definition) is 6. The Morgan fingerprint density at radius 1 is 1.07 bits per heavy atom. The van der Waals surface area contributed by atoms with Gasteiger partial charge >= 0.3 is 5.97 Å². The van der Waals surface area contributed by atoms with E-state index in [1.54, 1.807) is 44.4 Å². The highest BCUT2D eigenvalue weighted by Gasteiger charge is 2.22. The van der Waals surface area contributed by atoms with E-state index in [1.165, 1.54) is 0 Å². The molecule has 0 spiro atoms. The zero-order valence-electron chi connectivity index (χ0n) is 15.5. The van der Waals surface area contributed by atoms with Crippen LogP contribution >= 0.6 is 0 Å². The Morgan fingerprint density at radius 3 is 2.52 bits per heavy atom. The molecule has 3 rings (SSSR count). The van der Waals surface area contributed by atoms with Gasteiger partial charge in [-0.2, -0.15) is 0 Å². The SMILES string of the molecule is CC(C)C(=O)OOc1cccc(N2CCN(C(=O)c3cccnc3)CC2)c1. The maximum Gasteiger partial charge on any atom is 0.357 e. The van der Waals surface area contributed by atoms with Crippen LogP contribution in [0.4, 0.5) is 5.69 Å². The van der Waals surface area contributed by atoms with Crippen molar-refractivity contribution < 1.29 is 19.4 Å². The quantitative estimate of drug-likeness (QED) is 0.596. The van der Waals surface area contributed by atoms with Gasteiger partial charge in [0.2, 0.25) is 0 Å². The lowest BCUT2D eigenvalue weighted by Crippen LogP contribution is -2.48. The molecule has 1 aliphatic heterocycles. The molecule has 27 heavy (non-hydrogen) atoms. The van der Waals surface area contributed by atoms with E-state index in [0.29, 0.717) is 37.5 Å². The standard InChI is InChI=1S/C20H23N3O4/c1-15(2)20(25)27-26-18-7-3-6-17(13-18)22-9-11-23(12-10-22)19(24)16-5-4-8-21-14-16/h3-8,13-15H,9-12H2,1-2H3. The summed E-state index contributed by atoms with van der Waals surface area (Å²) in [5.74, 6) is -0.197. The molecule has 1 saturated heterocycles. The molecule has 142 valence electrons. The Labute approximate surface area is 158 Å². The molecule has 7 heteroatoms. The number of carbonyl (C=O) groups excluding carboxylic acids is 2. The molecular formula is C20H23N3O4. The molecule has 1 fully saturated rings. The smallest absolute Gasteiger partial charge is 0.357 e. The molecule has 1 amide bonds. The van der Waals surface area contributed by atoms with E-state index < -0.39 is 5.97 Å². The number of anilines is 1. The molecule has 1 aromatic carbocycles. The summed E-state index contributed by atoms with van der Waals surface area (Å²) in [5, 5.41) is 0. The van der Waals surface area contributed by atoms with Gasteiger partial charge in [-0.15, -0.1) is 0 Å². The van der Waals surface area contributed by atoms with Crippen LogP contribution < -0.4 is 9.79 Å². The van der Waals surface area contributed by atoms with E-state index in [1.807, 2.05) is 23.1 Å². The van der Waals surface area contributed by atoms with Crippen LogP contribution in [0.15, 0.2) is 48.8 Å². The number of amides is 1. The summed E-state index contributed by atoms with van der Waals surface area (Å²) in [5.41, 5.74) is 1.56. The van der Waals surface area contributed by atoms with Gasteiger partial charge in [-0.1, -0.05) is 19.9 Å². The van der Waals surface area contributed by atoms with Crippen molar-refractivity contribution in [1.29, 1.82) is 0 Å². The zero-order valence-corrected chi connectivity index (χ0v) is 15.5. The Bertz CT molecular complexity index is 787. The van der Waals surface area contributed by atoms with Crippen LogP contribution in [0.2, 0.25) is 0 Å². The third-order valence-corrected chi connectivity index (χ3v) is 4.35. The van der Waals surface area contributed by atoms with Gasteiger partial charge in [-0.25, -0.2) is 4.79 Å². The molecule has 0 radical (unpaired) electrons. The van der Waals surface area contributed by atoms with Gasteiger partial charge in [0.25, 0.3) is 5.91 Å². The monoisotopic (exact) mass is 369 g/mol. The molecule has 7 nitrogen and oxygen atoms in total. The highest BCUT2D eigenvalue weighted by molar-refractivity contribution is 5.94. The molecule has 0 bridgehead atoms. The summed E-state index contributed by atoms with van der Waals surface area (Å²) in [6.07, 6.45) is 3.25. The van der Waals surface area contributed by atoms with Crippen molar-refractivity contribution in [2.24, 2.45) is 5.92 Å². The molecule has 2 aromatic rings. The van der Waals surface area contributed by atoms with Gasteiger partial charge in [-0.3, -0.25) is 19.6 Å². The normalized spacial score (nSPS) is 14.2. The summed E-state index contributed by atoms with van der Waals surface area (Å²) >= 11 is 0. The average Bonchev–Trinajstić information content (AvgIpc) is 2.72. The number of benzene rings is 1. The summed E-state index contributed by atoms with van der Waals surface area (Å²) in [6, 6.07) is 10.9. The van der Waals surface area contributed by atoms with Crippen molar-refractivity contribution >= 4 is 17.6 Å². The number of carbonyl (C=O) groups is 2. The van der Waals surface area contributed by atoms with Gasteiger partial charge in [-0.05, 0) is 24.3 Å². The number of nitrogens with zero attached hydrogens (tertiary/aromatic N) is 3. The first-order chi connectivity index (χ1) is 13.0. The highest BCUT2D eigenvalue weighted by Crippen LogP contribution is 2.23. The molecule has 1 aliphatic rings. The van der Waals surface area contributed by atoms with Crippen LogP contribution in [-0.4, -0.2) is 47.9 Å². The molecule has 0 N–H and O–H groups in total. The highest BCUT2D eigenvalue weighted by atomic mass is 17.2. The maximum absolute atomic E-state index is 12.5. The van der Waals surface area contributed by atoms with Crippen LogP contribution in [0.25, 0.3) is 0 Å². The fourth-order valence-electron chi connectivity index (χ4n) is 2.76. The number of piperazine rings is 1. The van der Waals surface area contributed by atoms with Gasteiger partial charge in [0.05, 0.1) is 11.5 Å². The van der Waals surface area contributed by atoms with Crippen LogP contribution in [-0.2, 0) is 9.68 Å². The van der Waals surface area contributed by atoms with Crippen LogP contribution in [0.1, 0.15) is 24.2 Å². The first-order valence-electron chi connectivity index (χ1n) is 8.97. The van der Waals surface area contributed by atoms with Gasteiger partial charge < -0.3 is 9.80 Å². The molecule has 2 heterocycles. The van der Waals surface area contributed by atoms with Gasteiger partial charge in [0, 0.05) is 50.3 Å². The minimum atomic E-state index is -0.414. The van der Waals surface area contributed by atoms with E-state index in [4.69, 9.17) is 9.78 Å². The van der Waals surface area contributed by atoms with Crippen LogP contribution in [0.5, 0.6) is 5.75 Å². The van der Waals surface area contributed by atoms with Crippen molar-refractivity contribution in [2.75, 3.05) is 31.1 Å². The van der Waals surface area contributed by atoms with Crippen molar-refractivity contribution in [3.05, 3.63) is 54.4 Å². The minimum Gasteiger partial charge on any atom is -0.368 e. The van der Waals surface area contributed by atoms with E-state index in [-0.39, 0.29) is 11.8 Å². The first-order valence-corrected chi connectivity index (χ1v) is 8.97. The van der Waals surface area contributed by atoms with Crippen molar-refractivity contribution in [3.8, 4) is 5.75 Å². The second-order valence-electron chi connectivity index (χ2n) is 6.66. The van der Waals surface area contributed by atoms with E-state index in [9.17, 15) is 9.59 Å². The molecule has 1 aromatic heterocycles. The molecule has 0 unspecified atom stereocenters. The third kappa shape index (κ3) is 4.75. The predicted molar refractivity (Wildman–Crippen MR) is 100 cm³/mol. The van der Waals surface area contributed by atoms with Crippen molar-refractivity contribution in [2.45, 2.75) is 13.8 Å². The molecule has 0 atom stereocenters. The van der Waals surface area contributed by atoms with Crippen molar-refractivity contribution in [1.82, 2.24) is 9.88 Å². The number of hydrogen-bond donors (Lipinski definition) is 0. The average molecular weight is 369 g/mol. The topological polar surface area (TPSA) is 72.0 Å². The largest absolute Gasteiger partial charge is 0.368 e. The van der Waals surface area contributed by atoms with Crippen LogP contribution in [0, 0.1) is 5.92 Å². The fourth-order valence-corrected chi connectivity index (χ4v) is 2.76. The molecular weight excluding hydrogens is 346 g/mol. The number of pyridine rings is 1. The minimum absolute atomic E-state index is 0.000400. The van der Waals surface area contributed by atoms with E-state index >= 15 is 0 Å². The predicted octanol–water partition coefficient (Wildman–Crippen LogP) is 2.54. The van der Waals surface area contributed by atoms with Crippen molar-refractivity contribution in [3.63, 3.8) is 0 Å². The molecule has 0 saturated carbocycles. The summed E-state index contributed by atoms with van der Waals surface area (Å²) in [7, 11) is 0. The van der Waals surface area contributed by atoms with E-state index in [0.717, 1.165) is 5.69 Å². The zero-order chi connectivity index (χ0) is 19.2. The summed E-state index contributed by atoms with van der Waals surface area (Å²) in [4.78, 5) is 42.0. The summed E-state index contributed by atoms with van der Waals surface area (Å²) in [6.45, 7) is 6.16. The Balaban J connectivity index is 1.57. The maximum atomic E-state index is 12.5. The molecule has 0 aliphatic carbocycles. The van der Waals surface area contributed by atoms with Gasteiger partial charge in [0.1, 0.15) is 0 Å². The fraction of sp³-hybridized carbons (Fsp3) is 0.350. The lowest BCUT2D eigenvalue weighted by atomic mass is 10.2. The first kappa shape index (κ1) is 18.7. The Hall–Kier alpha value is -3.09. The third-order valence-electron chi connectivity index (χ3n) is 4.35. The lowest BCUT2D eigenvalue weighted by molar-refractivity contribution is -0.217.